The van der Waals surface area contributed by atoms with Crippen LogP contribution in [0.3, 0.4) is 0 Å². The second kappa shape index (κ2) is 4.94. The van der Waals surface area contributed by atoms with E-state index in [0.717, 1.165) is 32.5 Å². The molecule has 0 spiro atoms. The smallest absolute Gasteiger partial charge is 0.0234 e. The summed E-state index contributed by atoms with van der Waals surface area (Å²) in [5, 5.41) is 0. The molecule has 0 radical (unpaired) electrons. The highest BCUT2D eigenvalue weighted by Gasteiger charge is 2.24. The normalized spacial score (nSPS) is 31.2. The van der Waals surface area contributed by atoms with Gasteiger partial charge in [-0.05, 0) is 40.0 Å². The summed E-state index contributed by atoms with van der Waals surface area (Å²) in [6, 6.07) is 1.08. The minimum atomic E-state index is 0.423. The molecule has 3 nitrogen and oxygen atoms in total. The predicted octanol–water partition coefficient (Wildman–Crippen LogP) is 0.360. The largest absolute Gasteiger partial charge is 0.328 e. The summed E-state index contributed by atoms with van der Waals surface area (Å²) < 4.78 is 0. The molecule has 2 N–H and O–H groups in total. The number of nitrogens with two attached hydrogens (primary N) is 1. The van der Waals surface area contributed by atoms with Crippen LogP contribution in [0.2, 0.25) is 0 Å². The molecule has 0 aromatic rings. The third-order valence-corrected chi connectivity index (χ3v) is 3.11. The lowest BCUT2D eigenvalue weighted by Crippen LogP contribution is -2.49. The summed E-state index contributed by atoms with van der Waals surface area (Å²) in [5.41, 5.74) is 5.96. The average molecular weight is 185 g/mol. The lowest BCUT2D eigenvalue weighted by atomic mass is 9.98. The molecule has 1 fully saturated rings. The highest BCUT2D eigenvalue weighted by atomic mass is 15.2. The molecule has 1 saturated heterocycles. The van der Waals surface area contributed by atoms with Crippen LogP contribution in [0.5, 0.6) is 0 Å². The van der Waals surface area contributed by atoms with Crippen molar-refractivity contribution in [3.8, 4) is 0 Å². The van der Waals surface area contributed by atoms with E-state index in [2.05, 4.69) is 30.8 Å². The standard InChI is InChI=1S/C10H23N3/c1-4-12(2)8-10-7-9(11)5-6-13(10)3/h9-10H,4-8,11H2,1-3H3. The van der Waals surface area contributed by atoms with Crippen molar-refractivity contribution in [2.45, 2.75) is 31.8 Å². The molecule has 1 aliphatic heterocycles. The van der Waals surface area contributed by atoms with E-state index >= 15 is 0 Å². The van der Waals surface area contributed by atoms with Crippen molar-refractivity contribution in [1.82, 2.24) is 9.80 Å². The van der Waals surface area contributed by atoms with Crippen molar-refractivity contribution in [3.63, 3.8) is 0 Å². The highest BCUT2D eigenvalue weighted by molar-refractivity contribution is 4.83. The molecule has 3 heteroatoms. The number of hydrogen-bond acceptors (Lipinski definition) is 3. The summed E-state index contributed by atoms with van der Waals surface area (Å²) in [7, 11) is 4.38. The van der Waals surface area contributed by atoms with Crippen LogP contribution >= 0.6 is 0 Å². The van der Waals surface area contributed by atoms with E-state index < -0.39 is 0 Å². The molecule has 1 heterocycles. The number of likely N-dealkylation sites (N-methyl/N-ethyl adjacent to an activating group) is 2. The summed E-state index contributed by atoms with van der Waals surface area (Å²) in [6.45, 7) is 5.63. The van der Waals surface area contributed by atoms with Gasteiger partial charge in [0, 0.05) is 18.6 Å². The molecular formula is C10H23N3. The van der Waals surface area contributed by atoms with Crippen LogP contribution in [0.15, 0.2) is 0 Å². The van der Waals surface area contributed by atoms with Gasteiger partial charge in [-0.1, -0.05) is 6.92 Å². The molecule has 0 amide bonds. The van der Waals surface area contributed by atoms with Gasteiger partial charge in [-0.2, -0.15) is 0 Å². The lowest BCUT2D eigenvalue weighted by molar-refractivity contribution is 0.132. The SMILES string of the molecule is CCN(C)CC1CC(N)CCN1C. The maximum absolute atomic E-state index is 5.96. The van der Waals surface area contributed by atoms with E-state index in [4.69, 9.17) is 5.73 Å². The number of likely N-dealkylation sites (tertiary alicyclic amines) is 1. The zero-order chi connectivity index (χ0) is 9.84. The van der Waals surface area contributed by atoms with Gasteiger partial charge in [-0.3, -0.25) is 0 Å². The second-order valence-corrected chi connectivity index (χ2v) is 4.27. The quantitative estimate of drug-likeness (QED) is 0.689. The fourth-order valence-electron chi connectivity index (χ4n) is 1.90. The first-order valence-corrected chi connectivity index (χ1v) is 5.27. The molecule has 0 aromatic heterocycles. The number of hydrogen-bond donors (Lipinski definition) is 1. The molecule has 13 heavy (non-hydrogen) atoms. The first-order chi connectivity index (χ1) is 6.13. The molecule has 1 rings (SSSR count). The van der Waals surface area contributed by atoms with Gasteiger partial charge in [0.05, 0.1) is 0 Å². The van der Waals surface area contributed by atoms with Crippen LogP contribution in [0.1, 0.15) is 19.8 Å². The minimum Gasteiger partial charge on any atom is -0.328 e. The minimum absolute atomic E-state index is 0.423. The first kappa shape index (κ1) is 11.0. The summed E-state index contributed by atoms with van der Waals surface area (Å²) in [6.07, 6.45) is 2.31. The maximum Gasteiger partial charge on any atom is 0.0234 e. The Hall–Kier alpha value is -0.120. The molecule has 78 valence electrons. The fraction of sp³-hybridized carbons (Fsp3) is 1.00. The van der Waals surface area contributed by atoms with Crippen molar-refractivity contribution in [2.75, 3.05) is 33.7 Å². The monoisotopic (exact) mass is 185 g/mol. The predicted molar refractivity (Wildman–Crippen MR) is 56.8 cm³/mol. The Morgan fingerprint density at radius 3 is 2.85 bits per heavy atom. The van der Waals surface area contributed by atoms with Gasteiger partial charge in [-0.25, -0.2) is 0 Å². The fourth-order valence-corrected chi connectivity index (χ4v) is 1.90. The molecule has 0 bridgehead atoms. The lowest BCUT2D eigenvalue weighted by Gasteiger charge is -2.37. The van der Waals surface area contributed by atoms with Gasteiger partial charge in [-0.15, -0.1) is 0 Å². The molecule has 1 aliphatic rings. The Labute approximate surface area is 81.9 Å². The van der Waals surface area contributed by atoms with Gasteiger partial charge in [0.15, 0.2) is 0 Å². The molecule has 2 unspecified atom stereocenters. The second-order valence-electron chi connectivity index (χ2n) is 4.27. The molecule has 0 aromatic carbocycles. The van der Waals surface area contributed by atoms with E-state index in [0.29, 0.717) is 12.1 Å². The van der Waals surface area contributed by atoms with Gasteiger partial charge >= 0.3 is 0 Å². The third kappa shape index (κ3) is 3.25. The molecule has 2 atom stereocenters. The van der Waals surface area contributed by atoms with E-state index in [1.165, 1.54) is 0 Å². The number of nitrogens with zero attached hydrogens (tertiary/aromatic N) is 2. The van der Waals surface area contributed by atoms with Crippen molar-refractivity contribution in [1.29, 1.82) is 0 Å². The first-order valence-electron chi connectivity index (χ1n) is 5.27. The van der Waals surface area contributed by atoms with Crippen molar-refractivity contribution in [2.24, 2.45) is 5.73 Å². The zero-order valence-electron chi connectivity index (χ0n) is 9.16. The summed E-state index contributed by atoms with van der Waals surface area (Å²) in [5.74, 6) is 0. The van der Waals surface area contributed by atoms with E-state index in [9.17, 15) is 0 Å². The molecular weight excluding hydrogens is 162 g/mol. The summed E-state index contributed by atoms with van der Waals surface area (Å²) >= 11 is 0. The van der Waals surface area contributed by atoms with E-state index in [1.54, 1.807) is 0 Å². The van der Waals surface area contributed by atoms with Gasteiger partial charge in [0.2, 0.25) is 0 Å². The highest BCUT2D eigenvalue weighted by Crippen LogP contribution is 2.14. The van der Waals surface area contributed by atoms with E-state index in [1.807, 2.05) is 0 Å². The van der Waals surface area contributed by atoms with Gasteiger partial charge in [0.25, 0.3) is 0 Å². The van der Waals surface area contributed by atoms with Crippen LogP contribution in [-0.4, -0.2) is 55.6 Å². The number of piperidine rings is 1. The summed E-state index contributed by atoms with van der Waals surface area (Å²) in [4.78, 5) is 4.80. The third-order valence-electron chi connectivity index (χ3n) is 3.11. The molecule has 0 saturated carbocycles. The van der Waals surface area contributed by atoms with Crippen LogP contribution in [0, 0.1) is 0 Å². The molecule has 0 aliphatic carbocycles. The Balaban J connectivity index is 2.37. The van der Waals surface area contributed by atoms with Crippen LogP contribution in [-0.2, 0) is 0 Å². The van der Waals surface area contributed by atoms with Crippen molar-refractivity contribution >= 4 is 0 Å². The van der Waals surface area contributed by atoms with Gasteiger partial charge < -0.3 is 15.5 Å². The van der Waals surface area contributed by atoms with Crippen LogP contribution in [0.25, 0.3) is 0 Å². The Morgan fingerprint density at radius 2 is 2.23 bits per heavy atom. The van der Waals surface area contributed by atoms with Crippen LogP contribution < -0.4 is 5.73 Å². The van der Waals surface area contributed by atoms with Gasteiger partial charge in [0.1, 0.15) is 0 Å². The average Bonchev–Trinajstić information content (AvgIpc) is 2.11. The Morgan fingerprint density at radius 1 is 1.54 bits per heavy atom. The van der Waals surface area contributed by atoms with Crippen molar-refractivity contribution in [3.05, 3.63) is 0 Å². The number of rotatable bonds is 3. The van der Waals surface area contributed by atoms with E-state index in [-0.39, 0.29) is 0 Å². The maximum atomic E-state index is 5.96. The topological polar surface area (TPSA) is 32.5 Å². The van der Waals surface area contributed by atoms with Crippen LogP contribution in [0.4, 0.5) is 0 Å². The Kier molecular flexibility index (Phi) is 4.16. The van der Waals surface area contributed by atoms with Crippen molar-refractivity contribution < 1.29 is 0 Å². The Bertz CT molecular complexity index is 149. The zero-order valence-corrected chi connectivity index (χ0v) is 9.16.